The Morgan fingerprint density at radius 3 is 2.55 bits per heavy atom. The molecule has 8 heteroatoms. The molecule has 22 heavy (non-hydrogen) atoms. The van der Waals surface area contributed by atoms with E-state index in [1.807, 2.05) is 5.32 Å². The Bertz CT molecular complexity index is 609. The number of nitrogens with zero attached hydrogens (tertiary/aromatic N) is 2. The lowest BCUT2D eigenvalue weighted by atomic mass is 10.1. The van der Waals surface area contributed by atoms with Crippen LogP contribution < -0.4 is 10.1 Å². The lowest BCUT2D eigenvalue weighted by Crippen LogP contribution is -2.39. The molecule has 1 atom stereocenters. The fourth-order valence-electron chi connectivity index (χ4n) is 1.90. The second kappa shape index (κ2) is 6.50. The molecule has 2 aromatic rings. The van der Waals surface area contributed by atoms with Gasteiger partial charge in [-0.25, -0.2) is 4.98 Å². The van der Waals surface area contributed by atoms with Crippen LogP contribution >= 0.6 is 0 Å². The van der Waals surface area contributed by atoms with Crippen molar-refractivity contribution in [3.8, 4) is 5.75 Å². The normalized spacial score (nSPS) is 12.7. The minimum absolute atomic E-state index is 0.0627. The van der Waals surface area contributed by atoms with Gasteiger partial charge in [-0.2, -0.15) is 13.2 Å². The van der Waals surface area contributed by atoms with Gasteiger partial charge < -0.3 is 14.6 Å². The van der Waals surface area contributed by atoms with E-state index in [4.69, 9.17) is 4.74 Å². The van der Waals surface area contributed by atoms with Gasteiger partial charge in [-0.1, -0.05) is 12.1 Å². The number of carbonyl (C=O) groups excluding carboxylic acids is 1. The van der Waals surface area contributed by atoms with Crippen molar-refractivity contribution >= 4 is 5.91 Å². The monoisotopic (exact) mass is 313 g/mol. The van der Waals surface area contributed by atoms with Gasteiger partial charge in [0.1, 0.15) is 12.3 Å². The lowest BCUT2D eigenvalue weighted by molar-refractivity contribution is -0.163. The Kier molecular flexibility index (Phi) is 4.69. The van der Waals surface area contributed by atoms with Crippen LogP contribution in [-0.4, -0.2) is 28.7 Å². The van der Waals surface area contributed by atoms with Crippen molar-refractivity contribution < 1.29 is 22.7 Å². The molecule has 1 aromatic heterocycles. The van der Waals surface area contributed by atoms with Crippen LogP contribution in [0.25, 0.3) is 0 Å². The van der Waals surface area contributed by atoms with E-state index in [1.54, 1.807) is 0 Å². The molecule has 0 aliphatic heterocycles. The number of benzene rings is 1. The standard InChI is InChI=1S/C14H14F3N3O2/c1-22-11-4-2-10(3-5-11)13(14(15,16)17)19-12(21)8-20-7-6-18-9-20/h2-7,9,13H,8H2,1H3,(H,19,21)/t13-/m0/s1. The highest BCUT2D eigenvalue weighted by molar-refractivity contribution is 5.76. The van der Waals surface area contributed by atoms with Crippen LogP contribution in [0.2, 0.25) is 0 Å². The average molecular weight is 313 g/mol. The van der Waals surface area contributed by atoms with Crippen molar-refractivity contribution in [1.82, 2.24) is 14.9 Å². The smallest absolute Gasteiger partial charge is 0.412 e. The van der Waals surface area contributed by atoms with Crippen LogP contribution in [0.5, 0.6) is 5.75 Å². The van der Waals surface area contributed by atoms with Gasteiger partial charge in [-0.3, -0.25) is 4.79 Å². The summed E-state index contributed by atoms with van der Waals surface area (Å²) in [5.74, 6) is -0.314. The Hall–Kier alpha value is -2.51. The molecule has 1 aromatic carbocycles. The van der Waals surface area contributed by atoms with Crippen LogP contribution in [-0.2, 0) is 11.3 Å². The SMILES string of the molecule is COc1ccc([C@H](NC(=O)Cn2ccnc2)C(F)(F)F)cc1. The molecule has 0 aliphatic carbocycles. The maximum absolute atomic E-state index is 13.2. The molecule has 0 aliphatic rings. The fraction of sp³-hybridized carbons (Fsp3) is 0.286. The zero-order valence-electron chi connectivity index (χ0n) is 11.7. The zero-order chi connectivity index (χ0) is 16.2. The third-order valence-corrected chi connectivity index (χ3v) is 2.97. The summed E-state index contributed by atoms with van der Waals surface area (Å²) in [5.41, 5.74) is -0.0627. The second-order valence-electron chi connectivity index (χ2n) is 4.55. The van der Waals surface area contributed by atoms with E-state index in [0.717, 1.165) is 0 Å². The van der Waals surface area contributed by atoms with E-state index in [9.17, 15) is 18.0 Å². The van der Waals surface area contributed by atoms with Crippen molar-refractivity contribution in [2.75, 3.05) is 7.11 Å². The molecule has 1 heterocycles. The van der Waals surface area contributed by atoms with Crippen molar-refractivity contribution in [3.63, 3.8) is 0 Å². The van der Waals surface area contributed by atoms with Crippen molar-refractivity contribution in [3.05, 3.63) is 48.5 Å². The minimum Gasteiger partial charge on any atom is -0.497 e. The van der Waals surface area contributed by atoms with Crippen LogP contribution in [0, 0.1) is 0 Å². The van der Waals surface area contributed by atoms with Gasteiger partial charge in [0.15, 0.2) is 6.04 Å². The highest BCUT2D eigenvalue weighted by Crippen LogP contribution is 2.33. The number of imidazole rings is 1. The predicted molar refractivity (Wildman–Crippen MR) is 72.2 cm³/mol. The van der Waals surface area contributed by atoms with E-state index in [-0.39, 0.29) is 12.1 Å². The van der Waals surface area contributed by atoms with Crippen molar-refractivity contribution in [2.24, 2.45) is 0 Å². The number of alkyl halides is 3. The fourth-order valence-corrected chi connectivity index (χ4v) is 1.90. The number of amides is 1. The summed E-state index contributed by atoms with van der Waals surface area (Å²) >= 11 is 0. The molecule has 0 fully saturated rings. The number of methoxy groups -OCH3 is 1. The van der Waals surface area contributed by atoms with Crippen LogP contribution in [0.3, 0.4) is 0 Å². The highest BCUT2D eigenvalue weighted by atomic mass is 19.4. The topological polar surface area (TPSA) is 56.1 Å². The van der Waals surface area contributed by atoms with Crippen molar-refractivity contribution in [1.29, 1.82) is 0 Å². The molecule has 0 radical (unpaired) electrons. The molecule has 0 bridgehead atoms. The Balaban J connectivity index is 2.13. The summed E-state index contributed by atoms with van der Waals surface area (Å²) < 4.78 is 45.8. The number of rotatable bonds is 5. The summed E-state index contributed by atoms with van der Waals surface area (Å²) in [4.78, 5) is 15.5. The first-order valence-electron chi connectivity index (χ1n) is 6.36. The molecular weight excluding hydrogens is 299 g/mol. The van der Waals surface area contributed by atoms with E-state index in [0.29, 0.717) is 5.75 Å². The average Bonchev–Trinajstić information content (AvgIpc) is 2.96. The lowest BCUT2D eigenvalue weighted by Gasteiger charge is -2.22. The number of ether oxygens (including phenoxy) is 1. The predicted octanol–water partition coefficient (Wildman–Crippen LogP) is 2.31. The Morgan fingerprint density at radius 2 is 2.05 bits per heavy atom. The molecular formula is C14H14F3N3O2. The molecule has 1 amide bonds. The summed E-state index contributed by atoms with van der Waals surface area (Å²) in [6.45, 7) is -0.233. The second-order valence-corrected chi connectivity index (χ2v) is 4.55. The van der Waals surface area contributed by atoms with Gasteiger partial charge in [-0.15, -0.1) is 0 Å². The van der Waals surface area contributed by atoms with Gasteiger partial charge in [0, 0.05) is 12.4 Å². The first kappa shape index (κ1) is 15.9. The summed E-state index contributed by atoms with van der Waals surface area (Å²) in [5, 5.41) is 2.00. The number of halogens is 3. The number of hydrogen-bond donors (Lipinski definition) is 1. The van der Waals surface area contributed by atoms with Gasteiger partial charge in [0.05, 0.1) is 13.4 Å². The summed E-state index contributed by atoms with van der Waals surface area (Å²) in [6, 6.07) is 3.30. The van der Waals surface area contributed by atoms with Crippen LogP contribution in [0.15, 0.2) is 43.0 Å². The summed E-state index contributed by atoms with van der Waals surface area (Å²) in [7, 11) is 1.42. The maximum Gasteiger partial charge on any atom is 0.412 e. The zero-order valence-corrected chi connectivity index (χ0v) is 11.7. The molecule has 1 N–H and O–H groups in total. The number of carbonyl (C=O) groups is 1. The largest absolute Gasteiger partial charge is 0.497 e. The van der Waals surface area contributed by atoms with Gasteiger partial charge >= 0.3 is 6.18 Å². The maximum atomic E-state index is 13.2. The van der Waals surface area contributed by atoms with Crippen molar-refractivity contribution in [2.45, 2.75) is 18.8 Å². The number of aromatic nitrogens is 2. The minimum atomic E-state index is -4.60. The Labute approximate surface area is 124 Å². The van der Waals surface area contributed by atoms with E-state index < -0.39 is 18.1 Å². The molecule has 0 spiro atoms. The van der Waals surface area contributed by atoms with Crippen LogP contribution in [0.1, 0.15) is 11.6 Å². The quantitative estimate of drug-likeness (QED) is 0.921. The van der Waals surface area contributed by atoms with E-state index in [1.165, 1.54) is 54.7 Å². The van der Waals surface area contributed by atoms with E-state index in [2.05, 4.69) is 4.98 Å². The number of nitrogens with one attached hydrogen (secondary N) is 1. The highest BCUT2D eigenvalue weighted by Gasteiger charge is 2.41. The molecule has 2 rings (SSSR count). The third-order valence-electron chi connectivity index (χ3n) is 2.97. The Morgan fingerprint density at radius 1 is 1.36 bits per heavy atom. The molecule has 0 saturated heterocycles. The van der Waals surface area contributed by atoms with Gasteiger partial charge in [0.2, 0.25) is 5.91 Å². The summed E-state index contributed by atoms with van der Waals surface area (Å²) in [6.07, 6.45) is -0.303. The first-order valence-corrected chi connectivity index (χ1v) is 6.36. The molecule has 0 saturated carbocycles. The van der Waals surface area contributed by atoms with Crippen LogP contribution in [0.4, 0.5) is 13.2 Å². The first-order chi connectivity index (χ1) is 10.4. The van der Waals surface area contributed by atoms with E-state index >= 15 is 0 Å². The number of hydrogen-bond acceptors (Lipinski definition) is 3. The third kappa shape index (κ3) is 4.00. The molecule has 0 unspecified atom stereocenters. The van der Waals surface area contributed by atoms with Gasteiger partial charge in [0.25, 0.3) is 0 Å². The molecule has 118 valence electrons. The molecule has 5 nitrogen and oxygen atoms in total. The van der Waals surface area contributed by atoms with Gasteiger partial charge in [-0.05, 0) is 17.7 Å².